The molecule has 0 aliphatic rings. The predicted octanol–water partition coefficient (Wildman–Crippen LogP) is 21.2. The van der Waals surface area contributed by atoms with Gasteiger partial charge in [0.25, 0.3) is 0 Å². The van der Waals surface area contributed by atoms with Gasteiger partial charge in [0, 0.05) is 5.92 Å². The third-order valence-corrected chi connectivity index (χ3v) is 13.0. The van der Waals surface area contributed by atoms with Gasteiger partial charge in [-0.25, -0.2) is 0 Å². The predicted molar refractivity (Wildman–Crippen MR) is 284 cm³/mol. The van der Waals surface area contributed by atoms with E-state index in [0.717, 1.165) is 38.1 Å². The van der Waals surface area contributed by atoms with Crippen molar-refractivity contribution in [3.8, 4) is 6.07 Å². The van der Waals surface area contributed by atoms with Crippen LogP contribution < -0.4 is 5.73 Å². The first-order valence-corrected chi connectivity index (χ1v) is 28.4. The number of nitriles is 1. The summed E-state index contributed by atoms with van der Waals surface area (Å²) >= 11 is 0. The molecule has 0 aliphatic heterocycles. The molecule has 0 spiro atoms. The average molecular weight is 864 g/mol. The van der Waals surface area contributed by atoms with E-state index in [0.29, 0.717) is 5.92 Å². The summed E-state index contributed by atoms with van der Waals surface area (Å²) in [5, 5.41) is 9.37. The molecule has 0 aromatic heterocycles. The first kappa shape index (κ1) is 62.5. The van der Waals surface area contributed by atoms with E-state index in [4.69, 9.17) is 5.73 Å². The molecular formula is C60H114N2. The minimum Gasteiger partial charge on any atom is -0.330 e. The number of hydrogen-bond donors (Lipinski definition) is 1. The summed E-state index contributed by atoms with van der Waals surface area (Å²) in [5.41, 5.74) is 6.02. The van der Waals surface area contributed by atoms with Gasteiger partial charge in [-0.15, -0.1) is 0 Å². The van der Waals surface area contributed by atoms with Crippen molar-refractivity contribution in [3.05, 3.63) is 48.6 Å². The largest absolute Gasteiger partial charge is 0.330 e. The van der Waals surface area contributed by atoms with E-state index in [2.05, 4.69) is 82.4 Å². The van der Waals surface area contributed by atoms with Crippen LogP contribution in [0.2, 0.25) is 0 Å². The molecule has 2 N–H and O–H groups in total. The van der Waals surface area contributed by atoms with Gasteiger partial charge >= 0.3 is 0 Å². The Hall–Kier alpha value is -1.59. The maximum Gasteiger partial charge on any atom is 0.0655 e. The normalized spacial score (nSPS) is 12.8. The van der Waals surface area contributed by atoms with Crippen LogP contribution in [-0.2, 0) is 0 Å². The van der Waals surface area contributed by atoms with Crippen molar-refractivity contribution in [2.24, 2.45) is 17.6 Å². The lowest BCUT2D eigenvalue weighted by atomic mass is 9.94. The van der Waals surface area contributed by atoms with Gasteiger partial charge in [-0.1, -0.05) is 269 Å². The van der Waals surface area contributed by atoms with Crippen LogP contribution in [0.3, 0.4) is 0 Å². The van der Waals surface area contributed by atoms with E-state index in [1.165, 1.54) is 257 Å². The van der Waals surface area contributed by atoms with Gasteiger partial charge in [-0.2, -0.15) is 5.26 Å². The molecule has 0 fully saturated rings. The van der Waals surface area contributed by atoms with Crippen molar-refractivity contribution in [1.82, 2.24) is 0 Å². The fraction of sp³-hybridized carbons (Fsp3) is 0.850. The minimum absolute atomic E-state index is 0.314. The third kappa shape index (κ3) is 56.4. The van der Waals surface area contributed by atoms with Gasteiger partial charge in [0.05, 0.1) is 6.07 Å². The fourth-order valence-electron chi connectivity index (χ4n) is 8.55. The average Bonchev–Trinajstić information content (AvgIpc) is 3.29. The Bertz CT molecular complexity index is 952. The molecule has 2 atom stereocenters. The van der Waals surface area contributed by atoms with Crippen molar-refractivity contribution in [3.63, 3.8) is 0 Å². The number of nitrogens with two attached hydrogens (primary N) is 1. The second-order valence-corrected chi connectivity index (χ2v) is 19.2. The first-order valence-electron chi connectivity index (χ1n) is 28.4. The zero-order valence-corrected chi connectivity index (χ0v) is 43.1. The second-order valence-electron chi connectivity index (χ2n) is 19.2. The highest BCUT2D eigenvalue weighted by atomic mass is 14.5. The van der Waals surface area contributed by atoms with E-state index < -0.39 is 0 Å². The highest BCUT2D eigenvalue weighted by molar-refractivity contribution is 4.93. The molecule has 364 valence electrons. The number of hydrogen-bond acceptors (Lipinski definition) is 2. The molecule has 0 aromatic carbocycles. The molecule has 2 unspecified atom stereocenters. The van der Waals surface area contributed by atoms with Crippen LogP contribution in [0.25, 0.3) is 0 Å². The van der Waals surface area contributed by atoms with Crippen LogP contribution in [0.1, 0.15) is 310 Å². The zero-order chi connectivity index (χ0) is 45.3. The Morgan fingerprint density at radius 2 is 0.565 bits per heavy atom. The van der Waals surface area contributed by atoms with E-state index >= 15 is 0 Å². The van der Waals surface area contributed by atoms with Crippen molar-refractivity contribution >= 4 is 0 Å². The smallest absolute Gasteiger partial charge is 0.0655 e. The maximum absolute atomic E-state index is 9.37. The van der Waals surface area contributed by atoms with Crippen molar-refractivity contribution in [2.45, 2.75) is 310 Å². The van der Waals surface area contributed by atoms with Crippen molar-refractivity contribution in [2.75, 3.05) is 6.54 Å². The molecule has 0 aliphatic carbocycles. The van der Waals surface area contributed by atoms with Crippen LogP contribution >= 0.6 is 0 Å². The Kier molecular flexibility index (Phi) is 59.9. The summed E-state index contributed by atoms with van der Waals surface area (Å²) in [6.45, 7) is 9.99. The summed E-state index contributed by atoms with van der Waals surface area (Å²) in [6, 6.07) is 2.56. The van der Waals surface area contributed by atoms with Gasteiger partial charge in [0.2, 0.25) is 0 Å². The monoisotopic (exact) mass is 863 g/mol. The van der Waals surface area contributed by atoms with Crippen LogP contribution in [0, 0.1) is 23.2 Å². The quantitative estimate of drug-likeness (QED) is 0.0489. The summed E-state index contributed by atoms with van der Waals surface area (Å²) < 4.78 is 0. The Morgan fingerprint density at radius 3 is 0.855 bits per heavy atom. The molecule has 0 saturated heterocycles. The van der Waals surface area contributed by atoms with Gasteiger partial charge in [0.1, 0.15) is 0 Å². The lowest BCUT2D eigenvalue weighted by Crippen LogP contribution is -2.14. The van der Waals surface area contributed by atoms with Crippen LogP contribution in [-0.4, -0.2) is 6.54 Å². The van der Waals surface area contributed by atoms with Gasteiger partial charge in [-0.05, 0) is 102 Å². The van der Waals surface area contributed by atoms with E-state index in [9.17, 15) is 5.26 Å². The molecule has 2 heteroatoms. The summed E-state index contributed by atoms with van der Waals surface area (Å²) in [6.07, 6.45) is 77.6. The Balaban J connectivity index is 0. The number of allylic oxidation sites excluding steroid dienone is 8. The van der Waals surface area contributed by atoms with Crippen LogP contribution in [0.4, 0.5) is 0 Å². The van der Waals surface area contributed by atoms with Gasteiger partial charge in [0.15, 0.2) is 0 Å². The topological polar surface area (TPSA) is 49.8 Å². The molecular weight excluding hydrogens is 749 g/mol. The molecule has 0 bridgehead atoms. The molecule has 0 heterocycles. The molecule has 0 radical (unpaired) electrons. The first-order chi connectivity index (χ1) is 30.7. The van der Waals surface area contributed by atoms with E-state index in [1.54, 1.807) is 0 Å². The molecule has 2 nitrogen and oxygen atoms in total. The third-order valence-electron chi connectivity index (χ3n) is 13.0. The number of rotatable bonds is 49. The van der Waals surface area contributed by atoms with Crippen molar-refractivity contribution < 1.29 is 0 Å². The van der Waals surface area contributed by atoms with Crippen LogP contribution in [0.15, 0.2) is 48.6 Å². The molecule has 0 aromatic rings. The van der Waals surface area contributed by atoms with E-state index in [-0.39, 0.29) is 0 Å². The minimum atomic E-state index is 0.314. The molecule has 0 saturated carbocycles. The molecule has 62 heavy (non-hydrogen) atoms. The number of unbranched alkanes of at least 4 members (excludes halogenated alkanes) is 32. The Morgan fingerprint density at radius 1 is 0.323 bits per heavy atom. The van der Waals surface area contributed by atoms with Crippen LogP contribution in [0.5, 0.6) is 0 Å². The maximum atomic E-state index is 9.37. The zero-order valence-electron chi connectivity index (χ0n) is 43.1. The van der Waals surface area contributed by atoms with Crippen molar-refractivity contribution in [1.29, 1.82) is 5.26 Å². The summed E-state index contributed by atoms with van der Waals surface area (Å²) in [4.78, 5) is 0. The SMILES string of the molecule is CCCCC/C=C\C/C=C\CCCCCCCCCC(C#N)CCCCCCCCC.CCCCC/C=C\C/C=C\CCCCCCCCCC(CN)CCCCCCCCC. The summed E-state index contributed by atoms with van der Waals surface area (Å²) in [7, 11) is 0. The molecule has 0 rings (SSSR count). The Labute approximate surface area is 392 Å². The lowest BCUT2D eigenvalue weighted by molar-refractivity contribution is 0.410. The summed E-state index contributed by atoms with van der Waals surface area (Å²) in [5.74, 6) is 1.10. The highest BCUT2D eigenvalue weighted by Gasteiger charge is 2.08. The lowest BCUT2D eigenvalue weighted by Gasteiger charge is -2.14. The van der Waals surface area contributed by atoms with Gasteiger partial charge in [-0.3, -0.25) is 0 Å². The fourth-order valence-corrected chi connectivity index (χ4v) is 8.55. The number of nitrogens with zero attached hydrogens (tertiary/aromatic N) is 1. The van der Waals surface area contributed by atoms with Gasteiger partial charge < -0.3 is 5.73 Å². The van der Waals surface area contributed by atoms with E-state index in [1.807, 2.05) is 0 Å². The highest BCUT2D eigenvalue weighted by Crippen LogP contribution is 2.20. The standard InChI is InChI=1S/C30H59N.C30H55N/c2*1-3-5-7-9-11-12-13-14-15-16-17-18-19-20-22-24-26-28-30(29-31)27-25-23-21-10-8-6-4-2/h11-12,14-15,30H,3-10,13,16-29,31H2,1-2H3;11-12,14-15,30H,3-10,13,16-28H2,1-2H3/b2*12-11-,15-14-. The second kappa shape index (κ2) is 59.4. The molecule has 0 amide bonds.